The van der Waals surface area contributed by atoms with Gasteiger partial charge < -0.3 is 23.7 Å². The third-order valence-electron chi connectivity index (χ3n) is 4.97. The summed E-state index contributed by atoms with van der Waals surface area (Å²) in [5, 5.41) is 0. The highest BCUT2D eigenvalue weighted by atomic mass is 16.7. The van der Waals surface area contributed by atoms with Crippen LogP contribution < -0.4 is 9.47 Å². The molecule has 0 N–H and O–H groups in total. The van der Waals surface area contributed by atoms with Gasteiger partial charge in [-0.3, -0.25) is 0 Å². The molecule has 0 heterocycles. The van der Waals surface area contributed by atoms with Crippen molar-refractivity contribution in [1.29, 1.82) is 0 Å². The lowest BCUT2D eigenvalue weighted by molar-refractivity contribution is -0.139. The van der Waals surface area contributed by atoms with E-state index in [0.717, 1.165) is 17.1 Å². The Kier molecular flexibility index (Phi) is 10.0. The number of hydrogen-bond acceptors (Lipinski definition) is 6. The largest absolute Gasteiger partial charge is 0.491 e. The highest BCUT2D eigenvalue weighted by molar-refractivity contribution is 5.86. The first-order valence-electron chi connectivity index (χ1n) is 10.9. The number of esters is 1. The minimum Gasteiger partial charge on any atom is -0.491 e. The van der Waals surface area contributed by atoms with Crippen molar-refractivity contribution < 1.29 is 28.5 Å². The van der Waals surface area contributed by atoms with Gasteiger partial charge in [0.1, 0.15) is 31.3 Å². The molecule has 0 aliphatic carbocycles. The zero-order valence-electron chi connectivity index (χ0n) is 20.0. The van der Waals surface area contributed by atoms with E-state index in [1.807, 2.05) is 36.4 Å². The summed E-state index contributed by atoms with van der Waals surface area (Å²) in [6.07, 6.45) is 0. The van der Waals surface area contributed by atoms with E-state index in [0.29, 0.717) is 24.5 Å². The predicted octanol–water partition coefficient (Wildman–Crippen LogP) is 5.41. The van der Waals surface area contributed by atoms with Crippen LogP contribution >= 0.6 is 0 Å². The SMILES string of the molecule is C=C(C)OCOCCOc1ccc(C(C)(C)c2ccc(OCCOC(=O)C(=C)C)cc2)cc1. The second kappa shape index (κ2) is 12.7. The number of carbonyl (C=O) groups is 1. The van der Waals surface area contributed by atoms with E-state index < -0.39 is 5.97 Å². The topological polar surface area (TPSA) is 63.2 Å². The van der Waals surface area contributed by atoms with Crippen LogP contribution in [-0.4, -0.2) is 39.2 Å². The number of hydrogen-bond donors (Lipinski definition) is 0. The molecule has 2 aromatic rings. The van der Waals surface area contributed by atoms with Gasteiger partial charge in [0.15, 0.2) is 6.79 Å². The van der Waals surface area contributed by atoms with Crippen LogP contribution in [0.15, 0.2) is 73.0 Å². The Labute approximate surface area is 196 Å². The van der Waals surface area contributed by atoms with Crippen molar-refractivity contribution in [1.82, 2.24) is 0 Å². The van der Waals surface area contributed by atoms with E-state index in [2.05, 4.69) is 39.1 Å². The molecular weight excluding hydrogens is 420 g/mol. The average Bonchev–Trinajstić information content (AvgIpc) is 2.79. The maximum atomic E-state index is 11.4. The van der Waals surface area contributed by atoms with Gasteiger partial charge in [0.2, 0.25) is 0 Å². The fourth-order valence-corrected chi connectivity index (χ4v) is 2.94. The van der Waals surface area contributed by atoms with Gasteiger partial charge in [0.25, 0.3) is 0 Å². The maximum absolute atomic E-state index is 11.4. The molecule has 0 unspecified atom stereocenters. The Balaban J connectivity index is 1.83. The Bertz CT molecular complexity index is 913. The summed E-state index contributed by atoms with van der Waals surface area (Å²) in [6.45, 7) is 16.4. The Morgan fingerprint density at radius 1 is 0.758 bits per heavy atom. The molecule has 2 rings (SSSR count). The lowest BCUT2D eigenvalue weighted by Gasteiger charge is -2.26. The molecule has 0 aromatic heterocycles. The zero-order chi connectivity index (χ0) is 24.3. The van der Waals surface area contributed by atoms with E-state index in [1.54, 1.807) is 13.8 Å². The molecule has 6 heteroatoms. The maximum Gasteiger partial charge on any atom is 0.333 e. The summed E-state index contributed by atoms with van der Waals surface area (Å²) in [4.78, 5) is 11.4. The summed E-state index contributed by atoms with van der Waals surface area (Å²) < 4.78 is 26.9. The van der Waals surface area contributed by atoms with Crippen LogP contribution in [0.3, 0.4) is 0 Å². The van der Waals surface area contributed by atoms with Crippen molar-refractivity contribution >= 4 is 5.97 Å². The Morgan fingerprint density at radius 3 is 1.70 bits per heavy atom. The molecule has 178 valence electrons. The number of rotatable bonds is 14. The third kappa shape index (κ3) is 8.66. The Morgan fingerprint density at radius 2 is 1.24 bits per heavy atom. The van der Waals surface area contributed by atoms with Crippen molar-refractivity contribution in [2.75, 3.05) is 33.2 Å². The van der Waals surface area contributed by atoms with E-state index in [1.165, 1.54) is 5.56 Å². The summed E-state index contributed by atoms with van der Waals surface area (Å²) in [6, 6.07) is 16.0. The predicted molar refractivity (Wildman–Crippen MR) is 128 cm³/mol. The number of carbonyl (C=O) groups excluding carboxylic acids is 1. The van der Waals surface area contributed by atoms with Crippen LogP contribution in [-0.2, 0) is 24.4 Å². The lowest BCUT2D eigenvalue weighted by Crippen LogP contribution is -2.19. The minimum absolute atomic E-state index is 0.179. The Hall–Kier alpha value is -3.25. The molecule has 0 saturated carbocycles. The van der Waals surface area contributed by atoms with Gasteiger partial charge in [-0.15, -0.1) is 0 Å². The van der Waals surface area contributed by atoms with Gasteiger partial charge in [-0.2, -0.15) is 0 Å². The van der Waals surface area contributed by atoms with Crippen LogP contribution in [0, 0.1) is 0 Å². The first-order valence-corrected chi connectivity index (χ1v) is 10.9. The van der Waals surface area contributed by atoms with Gasteiger partial charge in [0, 0.05) is 11.0 Å². The van der Waals surface area contributed by atoms with Crippen LogP contribution in [0.25, 0.3) is 0 Å². The standard InChI is InChI=1S/C27H34O6/c1-20(2)26(28)32-18-17-31-25-13-9-23(10-14-25)27(5,6)22-7-11-24(12-8-22)30-16-15-29-19-33-21(3)4/h7-14H,1,3,15-19H2,2,4-6H3. The smallest absolute Gasteiger partial charge is 0.333 e. The minimum atomic E-state index is -0.409. The summed E-state index contributed by atoms with van der Waals surface area (Å²) in [5.74, 6) is 1.72. The number of allylic oxidation sites excluding steroid dienone is 1. The quantitative estimate of drug-likeness (QED) is 0.125. The molecule has 0 aliphatic heterocycles. The first kappa shape index (κ1) is 26.0. The second-order valence-corrected chi connectivity index (χ2v) is 8.16. The van der Waals surface area contributed by atoms with Crippen molar-refractivity contribution in [2.24, 2.45) is 0 Å². The van der Waals surface area contributed by atoms with Crippen molar-refractivity contribution in [2.45, 2.75) is 33.1 Å². The zero-order valence-corrected chi connectivity index (χ0v) is 20.0. The molecule has 33 heavy (non-hydrogen) atoms. The van der Waals surface area contributed by atoms with Gasteiger partial charge in [-0.05, 0) is 49.2 Å². The van der Waals surface area contributed by atoms with Gasteiger partial charge in [-0.25, -0.2) is 4.79 Å². The van der Waals surface area contributed by atoms with E-state index in [-0.39, 0.29) is 25.4 Å². The van der Waals surface area contributed by atoms with E-state index >= 15 is 0 Å². The molecule has 0 atom stereocenters. The highest BCUT2D eigenvalue weighted by Crippen LogP contribution is 2.33. The number of benzene rings is 2. The molecule has 0 spiro atoms. The van der Waals surface area contributed by atoms with Gasteiger partial charge in [0.05, 0.1) is 12.4 Å². The molecule has 0 fully saturated rings. The average molecular weight is 455 g/mol. The third-order valence-corrected chi connectivity index (χ3v) is 4.97. The van der Waals surface area contributed by atoms with Gasteiger partial charge >= 0.3 is 5.97 Å². The van der Waals surface area contributed by atoms with Gasteiger partial charge in [-0.1, -0.05) is 51.3 Å². The van der Waals surface area contributed by atoms with Crippen molar-refractivity contribution in [3.05, 3.63) is 84.1 Å². The summed E-state index contributed by atoms with van der Waals surface area (Å²) in [5.41, 5.74) is 2.50. The molecule has 0 aliphatic rings. The fourth-order valence-electron chi connectivity index (χ4n) is 2.94. The molecule has 0 radical (unpaired) electrons. The fraction of sp³-hybridized carbons (Fsp3) is 0.370. The molecule has 6 nitrogen and oxygen atoms in total. The molecule has 0 bridgehead atoms. The van der Waals surface area contributed by atoms with Crippen molar-refractivity contribution in [3.8, 4) is 11.5 Å². The molecular formula is C27H34O6. The summed E-state index contributed by atoms with van der Waals surface area (Å²) in [7, 11) is 0. The number of ether oxygens (including phenoxy) is 5. The van der Waals surface area contributed by atoms with Crippen LogP contribution in [0.4, 0.5) is 0 Å². The van der Waals surface area contributed by atoms with Crippen LogP contribution in [0.5, 0.6) is 11.5 Å². The molecule has 2 aromatic carbocycles. The lowest BCUT2D eigenvalue weighted by atomic mass is 9.78. The second-order valence-electron chi connectivity index (χ2n) is 8.16. The summed E-state index contributed by atoms with van der Waals surface area (Å²) >= 11 is 0. The molecule has 0 amide bonds. The van der Waals surface area contributed by atoms with Crippen LogP contribution in [0.2, 0.25) is 0 Å². The van der Waals surface area contributed by atoms with Crippen LogP contribution in [0.1, 0.15) is 38.8 Å². The monoisotopic (exact) mass is 454 g/mol. The first-order chi connectivity index (χ1) is 15.7. The highest BCUT2D eigenvalue weighted by Gasteiger charge is 2.23. The normalized spacial score (nSPS) is 10.9. The van der Waals surface area contributed by atoms with E-state index in [9.17, 15) is 4.79 Å². The van der Waals surface area contributed by atoms with Crippen molar-refractivity contribution in [3.63, 3.8) is 0 Å². The van der Waals surface area contributed by atoms with E-state index in [4.69, 9.17) is 23.7 Å². The molecule has 0 saturated heterocycles.